The number of urea groups is 1. The average Bonchev–Trinajstić information content (AvgIpc) is 2.41. The molecule has 2 amide bonds. The number of carboxylic acid groups (broad SMARTS) is 1. The van der Waals surface area contributed by atoms with E-state index in [2.05, 4.69) is 12.2 Å². The van der Waals surface area contributed by atoms with Crippen LogP contribution < -0.4 is 5.32 Å². The number of benzene rings is 1. The zero-order valence-electron chi connectivity index (χ0n) is 12.3. The van der Waals surface area contributed by atoms with Crippen molar-refractivity contribution in [1.29, 1.82) is 0 Å². The Kier molecular flexibility index (Phi) is 5.20. The van der Waals surface area contributed by atoms with Crippen LogP contribution >= 0.6 is 0 Å². The molecule has 0 aliphatic carbocycles. The molecular formula is C16H22N2O3. The monoisotopic (exact) mass is 290 g/mol. The Hall–Kier alpha value is -2.04. The van der Waals surface area contributed by atoms with Crippen molar-refractivity contribution in [3.05, 3.63) is 29.8 Å². The van der Waals surface area contributed by atoms with Gasteiger partial charge in [-0.1, -0.05) is 25.5 Å². The summed E-state index contributed by atoms with van der Waals surface area (Å²) in [5, 5.41) is 11.5. The maximum absolute atomic E-state index is 12.0. The Bertz CT molecular complexity index is 493. The van der Waals surface area contributed by atoms with Gasteiger partial charge in [0.15, 0.2) is 0 Å². The average molecular weight is 290 g/mol. The fraction of sp³-hybridized carbons (Fsp3) is 0.500. The molecule has 1 saturated heterocycles. The molecule has 1 heterocycles. The molecular weight excluding hydrogens is 268 g/mol. The number of hydrogen-bond acceptors (Lipinski definition) is 2. The molecule has 114 valence electrons. The second kappa shape index (κ2) is 7.11. The first-order valence-corrected chi connectivity index (χ1v) is 7.45. The Morgan fingerprint density at radius 3 is 2.52 bits per heavy atom. The highest BCUT2D eigenvalue weighted by Crippen LogP contribution is 2.20. The number of aryl methyl sites for hydroxylation is 1. The van der Waals surface area contributed by atoms with Gasteiger partial charge in [-0.3, -0.25) is 4.79 Å². The maximum Gasteiger partial charge on any atom is 0.321 e. The first kappa shape index (κ1) is 15.4. The summed E-state index contributed by atoms with van der Waals surface area (Å²) in [6, 6.07) is 7.75. The molecule has 21 heavy (non-hydrogen) atoms. The molecule has 1 aliphatic rings. The van der Waals surface area contributed by atoms with E-state index < -0.39 is 5.97 Å². The second-order valence-electron chi connectivity index (χ2n) is 5.60. The number of carbonyl (C=O) groups is 2. The SMILES string of the molecule is CCCCc1ccc(NC(=O)N2CC(CC(=O)O)C2)cc1. The van der Waals surface area contributed by atoms with E-state index in [1.807, 2.05) is 24.3 Å². The Morgan fingerprint density at radius 1 is 1.29 bits per heavy atom. The van der Waals surface area contributed by atoms with Crippen LogP contribution in [0.5, 0.6) is 0 Å². The fourth-order valence-electron chi connectivity index (χ4n) is 2.45. The Labute approximate surface area is 125 Å². The van der Waals surface area contributed by atoms with Crippen molar-refractivity contribution in [3.63, 3.8) is 0 Å². The molecule has 0 saturated carbocycles. The van der Waals surface area contributed by atoms with Gasteiger partial charge in [-0.05, 0) is 30.5 Å². The van der Waals surface area contributed by atoms with Gasteiger partial charge in [-0.2, -0.15) is 0 Å². The molecule has 0 radical (unpaired) electrons. The van der Waals surface area contributed by atoms with Gasteiger partial charge >= 0.3 is 12.0 Å². The van der Waals surface area contributed by atoms with E-state index in [-0.39, 0.29) is 18.4 Å². The van der Waals surface area contributed by atoms with E-state index in [1.54, 1.807) is 4.90 Å². The van der Waals surface area contributed by atoms with Gasteiger partial charge in [-0.25, -0.2) is 4.79 Å². The van der Waals surface area contributed by atoms with Crippen molar-refractivity contribution < 1.29 is 14.7 Å². The van der Waals surface area contributed by atoms with E-state index in [4.69, 9.17) is 5.11 Å². The number of aliphatic carboxylic acids is 1. The van der Waals surface area contributed by atoms with Gasteiger partial charge in [-0.15, -0.1) is 0 Å². The number of likely N-dealkylation sites (tertiary alicyclic amines) is 1. The quantitative estimate of drug-likeness (QED) is 0.846. The lowest BCUT2D eigenvalue weighted by Crippen LogP contribution is -2.52. The highest BCUT2D eigenvalue weighted by Gasteiger charge is 2.31. The number of hydrogen-bond donors (Lipinski definition) is 2. The number of anilines is 1. The Balaban J connectivity index is 1.77. The number of rotatable bonds is 6. The lowest BCUT2D eigenvalue weighted by molar-refractivity contribution is -0.139. The van der Waals surface area contributed by atoms with Crippen molar-refractivity contribution in [3.8, 4) is 0 Å². The molecule has 0 atom stereocenters. The molecule has 1 aromatic carbocycles. The van der Waals surface area contributed by atoms with E-state index in [9.17, 15) is 9.59 Å². The summed E-state index contributed by atoms with van der Waals surface area (Å²) in [4.78, 5) is 24.1. The molecule has 1 aromatic rings. The summed E-state index contributed by atoms with van der Waals surface area (Å²) < 4.78 is 0. The molecule has 5 heteroatoms. The third-order valence-corrected chi connectivity index (χ3v) is 3.73. The van der Waals surface area contributed by atoms with Crippen LogP contribution in [0.3, 0.4) is 0 Å². The molecule has 0 bridgehead atoms. The van der Waals surface area contributed by atoms with E-state index in [0.29, 0.717) is 13.1 Å². The van der Waals surface area contributed by atoms with Crippen LogP contribution in [0.2, 0.25) is 0 Å². The van der Waals surface area contributed by atoms with Crippen molar-refractivity contribution in [1.82, 2.24) is 4.90 Å². The number of carboxylic acids is 1. The lowest BCUT2D eigenvalue weighted by Gasteiger charge is -2.38. The van der Waals surface area contributed by atoms with Gasteiger partial charge < -0.3 is 15.3 Å². The minimum absolute atomic E-state index is 0.0877. The maximum atomic E-state index is 12.0. The molecule has 0 unspecified atom stereocenters. The molecule has 0 spiro atoms. The third-order valence-electron chi connectivity index (χ3n) is 3.73. The Morgan fingerprint density at radius 2 is 1.95 bits per heavy atom. The van der Waals surface area contributed by atoms with Gasteiger partial charge in [0.2, 0.25) is 0 Å². The van der Waals surface area contributed by atoms with Crippen LogP contribution in [-0.2, 0) is 11.2 Å². The molecule has 1 fully saturated rings. The summed E-state index contributed by atoms with van der Waals surface area (Å²) in [6.45, 7) is 3.21. The molecule has 5 nitrogen and oxygen atoms in total. The molecule has 2 rings (SSSR count). The summed E-state index contributed by atoms with van der Waals surface area (Å²) in [5.41, 5.74) is 2.06. The number of unbranched alkanes of at least 4 members (excludes halogenated alkanes) is 1. The fourth-order valence-corrected chi connectivity index (χ4v) is 2.45. The highest BCUT2D eigenvalue weighted by atomic mass is 16.4. The summed E-state index contributed by atoms with van der Waals surface area (Å²) in [7, 11) is 0. The number of nitrogens with one attached hydrogen (secondary N) is 1. The predicted octanol–water partition coefficient (Wildman–Crippen LogP) is 2.97. The molecule has 1 aliphatic heterocycles. The third kappa shape index (κ3) is 4.48. The number of amides is 2. The second-order valence-corrected chi connectivity index (χ2v) is 5.60. The van der Waals surface area contributed by atoms with Gasteiger partial charge in [0.1, 0.15) is 0 Å². The lowest BCUT2D eigenvalue weighted by atomic mass is 9.97. The zero-order chi connectivity index (χ0) is 15.2. The number of carbonyl (C=O) groups excluding carboxylic acids is 1. The molecule has 2 N–H and O–H groups in total. The van der Waals surface area contributed by atoms with Crippen LogP contribution in [0, 0.1) is 5.92 Å². The van der Waals surface area contributed by atoms with E-state index >= 15 is 0 Å². The predicted molar refractivity (Wildman–Crippen MR) is 81.4 cm³/mol. The van der Waals surface area contributed by atoms with Crippen LogP contribution in [0.1, 0.15) is 31.7 Å². The first-order chi connectivity index (χ1) is 10.1. The summed E-state index contributed by atoms with van der Waals surface area (Å²) in [6.07, 6.45) is 3.54. The highest BCUT2D eigenvalue weighted by molar-refractivity contribution is 5.90. The van der Waals surface area contributed by atoms with Crippen molar-refractivity contribution >= 4 is 17.7 Å². The van der Waals surface area contributed by atoms with E-state index in [0.717, 1.165) is 12.1 Å². The van der Waals surface area contributed by atoms with Gasteiger partial charge in [0.25, 0.3) is 0 Å². The first-order valence-electron chi connectivity index (χ1n) is 7.45. The van der Waals surface area contributed by atoms with Crippen molar-refractivity contribution in [2.24, 2.45) is 5.92 Å². The summed E-state index contributed by atoms with van der Waals surface area (Å²) >= 11 is 0. The largest absolute Gasteiger partial charge is 0.481 e. The minimum Gasteiger partial charge on any atom is -0.481 e. The topological polar surface area (TPSA) is 69.6 Å². The van der Waals surface area contributed by atoms with Crippen LogP contribution in [0.4, 0.5) is 10.5 Å². The minimum atomic E-state index is -0.803. The van der Waals surface area contributed by atoms with Crippen molar-refractivity contribution in [2.75, 3.05) is 18.4 Å². The van der Waals surface area contributed by atoms with Crippen molar-refractivity contribution in [2.45, 2.75) is 32.6 Å². The zero-order valence-corrected chi connectivity index (χ0v) is 12.3. The van der Waals surface area contributed by atoms with Crippen LogP contribution in [0.15, 0.2) is 24.3 Å². The summed E-state index contributed by atoms with van der Waals surface area (Å²) in [5.74, 6) is -0.715. The van der Waals surface area contributed by atoms with Gasteiger partial charge in [0.05, 0.1) is 6.42 Å². The van der Waals surface area contributed by atoms with E-state index in [1.165, 1.54) is 18.4 Å². The standard InChI is InChI=1S/C16H22N2O3/c1-2-3-4-12-5-7-14(8-6-12)17-16(21)18-10-13(11-18)9-15(19)20/h5-8,13H,2-4,9-11H2,1H3,(H,17,21)(H,19,20). The van der Waals surface area contributed by atoms with Crippen LogP contribution in [0.25, 0.3) is 0 Å². The number of nitrogens with zero attached hydrogens (tertiary/aromatic N) is 1. The van der Waals surface area contributed by atoms with Crippen LogP contribution in [-0.4, -0.2) is 35.1 Å². The molecule has 0 aromatic heterocycles. The van der Waals surface area contributed by atoms with Gasteiger partial charge in [0, 0.05) is 24.7 Å². The smallest absolute Gasteiger partial charge is 0.321 e. The normalized spacial score (nSPS) is 14.6.